The maximum Gasteiger partial charge on any atom is 0.501 e. The molecule has 13 nitrogen and oxygen atoms in total. The summed E-state index contributed by atoms with van der Waals surface area (Å²) in [5, 5.41) is 15.3. The van der Waals surface area contributed by atoms with Crippen LogP contribution in [-0.2, 0) is 29.4 Å². The topological polar surface area (TPSA) is 166 Å². The lowest BCUT2D eigenvalue weighted by atomic mass is 9.71. The minimum atomic E-state index is -6.10. The Kier molecular flexibility index (Phi) is 20.0. The van der Waals surface area contributed by atoms with Gasteiger partial charge in [0.2, 0.25) is 0 Å². The highest BCUT2D eigenvalue weighted by Gasteiger charge is 2.49. The third kappa shape index (κ3) is 15.2. The van der Waals surface area contributed by atoms with Gasteiger partial charge in [-0.15, -0.1) is 11.8 Å². The van der Waals surface area contributed by atoms with Gasteiger partial charge >= 0.3 is 11.5 Å². The van der Waals surface area contributed by atoms with Crippen LogP contribution in [0, 0.1) is 11.3 Å². The minimum absolute atomic E-state index is 0.0237. The number of nitrogens with zero attached hydrogens (tertiary/aromatic N) is 3. The first kappa shape index (κ1) is 59.0. The molecule has 5 aromatic rings. The third-order valence-electron chi connectivity index (χ3n) is 15.8. The number of esters is 1. The number of anilines is 2. The van der Waals surface area contributed by atoms with Crippen molar-refractivity contribution in [2.45, 2.75) is 103 Å². The number of thioether (sulfide) groups is 1. The van der Waals surface area contributed by atoms with Crippen LogP contribution in [0.15, 0.2) is 136 Å². The van der Waals surface area contributed by atoms with Crippen molar-refractivity contribution < 1.29 is 49.4 Å². The van der Waals surface area contributed by atoms with Crippen LogP contribution in [0.2, 0.25) is 5.02 Å². The lowest BCUT2D eigenvalue weighted by Crippen LogP contribution is -2.47. The van der Waals surface area contributed by atoms with E-state index in [2.05, 4.69) is 20.0 Å². The molecule has 3 fully saturated rings. The number of sulfonamides is 1. The molecule has 0 bridgehead atoms. The number of methoxy groups -OCH3 is 1. The minimum Gasteiger partial charge on any atom is -0.469 e. The lowest BCUT2D eigenvalue weighted by molar-refractivity contribution is -0.140. The summed E-state index contributed by atoms with van der Waals surface area (Å²) in [5.74, 6) is -0.892. The first-order valence-electron chi connectivity index (χ1n) is 26.7. The van der Waals surface area contributed by atoms with E-state index in [1.807, 2.05) is 83.6 Å². The largest absolute Gasteiger partial charge is 0.501 e. The van der Waals surface area contributed by atoms with Gasteiger partial charge in [-0.2, -0.15) is 13.2 Å². The number of alkyl halides is 3. The van der Waals surface area contributed by atoms with Crippen LogP contribution in [-0.4, -0.2) is 120 Å². The molecule has 8 rings (SSSR count). The monoisotopic (exact) mass is 1150 g/mol. The summed E-state index contributed by atoms with van der Waals surface area (Å²) in [6.07, 6.45) is 8.66. The van der Waals surface area contributed by atoms with Crippen LogP contribution in [0.4, 0.5) is 24.5 Å². The number of sulfone groups is 1. The van der Waals surface area contributed by atoms with Gasteiger partial charge in [0.05, 0.1) is 23.8 Å². The van der Waals surface area contributed by atoms with Crippen molar-refractivity contribution in [3.05, 3.63) is 137 Å². The number of hydrogen-bond acceptors (Lipinski definition) is 13. The van der Waals surface area contributed by atoms with E-state index in [1.165, 1.54) is 31.0 Å². The molecule has 3 aliphatic heterocycles. The van der Waals surface area contributed by atoms with Crippen LogP contribution in [0.5, 0.6) is 0 Å². The van der Waals surface area contributed by atoms with Gasteiger partial charge in [-0.1, -0.05) is 72.6 Å². The summed E-state index contributed by atoms with van der Waals surface area (Å²) in [7, 11) is -9.59. The van der Waals surface area contributed by atoms with E-state index < -0.39 is 58.9 Å². The summed E-state index contributed by atoms with van der Waals surface area (Å²) in [4.78, 5) is 30.7. The summed E-state index contributed by atoms with van der Waals surface area (Å²) in [6.45, 7) is 6.60. The average molecular weight is 1150 g/mol. The number of ether oxygens (including phenoxy) is 1. The van der Waals surface area contributed by atoms with Gasteiger partial charge < -0.3 is 29.9 Å². The Hall–Kier alpha value is -5.15. The molecule has 2 atom stereocenters. The number of aliphatic hydroxyl groups is 1. The van der Waals surface area contributed by atoms with E-state index in [4.69, 9.17) is 16.3 Å². The second kappa shape index (κ2) is 26.4. The van der Waals surface area contributed by atoms with Crippen molar-refractivity contribution in [2.75, 3.05) is 75.4 Å². The smallest absolute Gasteiger partial charge is 0.469 e. The van der Waals surface area contributed by atoms with Gasteiger partial charge in [0.25, 0.3) is 25.8 Å². The predicted octanol–water partition coefficient (Wildman–Crippen LogP) is 11.2. The predicted molar refractivity (Wildman–Crippen MR) is 301 cm³/mol. The molecule has 5 aromatic carbocycles. The van der Waals surface area contributed by atoms with Gasteiger partial charge in [-0.05, 0) is 185 Å². The van der Waals surface area contributed by atoms with Crippen molar-refractivity contribution >= 4 is 66.5 Å². The van der Waals surface area contributed by atoms with Crippen LogP contribution in [0.3, 0.4) is 0 Å². The number of aliphatic hydroxyl groups excluding tert-OH is 1. The number of amides is 1. The number of benzene rings is 5. The molecule has 0 saturated carbocycles. The summed E-state index contributed by atoms with van der Waals surface area (Å²) in [5.41, 5.74) is -2.48. The molecule has 3 aliphatic rings. The summed E-state index contributed by atoms with van der Waals surface area (Å²) < 4.78 is 104. The van der Waals surface area contributed by atoms with Gasteiger partial charge in [-0.25, -0.2) is 21.6 Å². The molecule has 20 heteroatoms. The molecular weight excluding hydrogens is 1080 g/mol. The van der Waals surface area contributed by atoms with Crippen molar-refractivity contribution in [2.24, 2.45) is 11.3 Å². The van der Waals surface area contributed by atoms with E-state index in [0.717, 1.165) is 117 Å². The van der Waals surface area contributed by atoms with Crippen molar-refractivity contribution in [1.29, 1.82) is 0 Å². The fraction of sp³-hybridized carbons (Fsp3) is 0.448. The van der Waals surface area contributed by atoms with Crippen LogP contribution in [0.25, 0.3) is 11.1 Å². The van der Waals surface area contributed by atoms with Crippen molar-refractivity contribution in [1.82, 2.24) is 14.5 Å². The van der Waals surface area contributed by atoms with E-state index in [9.17, 15) is 44.7 Å². The highest BCUT2D eigenvalue weighted by molar-refractivity contribution is 7.99. The zero-order valence-corrected chi connectivity index (χ0v) is 47.0. The van der Waals surface area contributed by atoms with Crippen LogP contribution < -0.4 is 14.9 Å². The van der Waals surface area contributed by atoms with Crippen LogP contribution in [0.1, 0.15) is 92.7 Å². The Labute approximate surface area is 466 Å². The molecule has 3 saturated heterocycles. The molecular formula is C58H69ClF3N5O8S3. The summed E-state index contributed by atoms with van der Waals surface area (Å²) >= 11 is 7.59. The number of rotatable bonds is 22. The SMILES string of the molecule is COC(=O)CCCCCN1CCC2(CC1)CCN(CCC(CSc1ccccc1)Nc1ccc(S(=O)(=O)NC(=O)c3ccc(N4CCC([C@@H](O)c5ccccc5-c5ccc(Cl)cc5)CC4)cc3)cc1S(=O)(=O)C(F)(F)F)CC2. The van der Waals surface area contributed by atoms with Gasteiger partial charge in [-0.3, -0.25) is 9.59 Å². The van der Waals surface area contributed by atoms with E-state index in [1.54, 1.807) is 12.1 Å². The molecule has 1 unspecified atom stereocenters. The zero-order chi connectivity index (χ0) is 55.5. The van der Waals surface area contributed by atoms with E-state index in [-0.39, 0.29) is 22.9 Å². The Bertz CT molecular complexity index is 3020. The molecule has 0 aliphatic carbocycles. The quantitative estimate of drug-likeness (QED) is 0.0341. The van der Waals surface area contributed by atoms with E-state index in [0.29, 0.717) is 62.2 Å². The number of carbonyl (C=O) groups is 2. The number of halogens is 4. The molecule has 1 spiro atoms. The Morgan fingerprint density at radius 3 is 2.05 bits per heavy atom. The molecule has 0 aromatic heterocycles. The number of nitrogens with one attached hydrogen (secondary N) is 2. The molecule has 3 heterocycles. The maximum absolute atomic E-state index is 14.4. The number of unbranched alkanes of at least 4 members (excludes halogenated alkanes) is 2. The fourth-order valence-electron chi connectivity index (χ4n) is 10.9. The Morgan fingerprint density at radius 2 is 1.41 bits per heavy atom. The van der Waals surface area contributed by atoms with Gasteiger partial charge in [0, 0.05) is 59.0 Å². The standard InChI is InChI=1S/C58H69ClF3N5O8S3/c1-75-54(68)14-6-3-9-32-65-36-28-57(29-37-65)30-38-66(39-31-57)33-27-46(41-76-48-10-4-2-5-11-48)63-52-24-23-49(40-53(52)77(71,72)58(60,61)62)78(73,74)64-56(70)44-17-21-47(22-18-44)67-34-25-43(26-35-67)55(69)51-13-8-7-12-50(51)42-15-19-45(59)20-16-42/h2,4-5,7-8,10-13,15-24,40,43,46,55,63,69H,3,6,9,14,25-39,41H2,1H3,(H,64,70)/t46?,55-/m1/s1. The zero-order valence-electron chi connectivity index (χ0n) is 43.8. The Balaban J connectivity index is 0.888. The highest BCUT2D eigenvalue weighted by Crippen LogP contribution is 2.42. The fourth-order valence-corrected chi connectivity index (χ4v) is 14.1. The normalized spacial score (nSPS) is 17.6. The molecule has 78 heavy (non-hydrogen) atoms. The third-order valence-corrected chi connectivity index (χ3v) is 20.0. The Morgan fingerprint density at radius 1 is 0.782 bits per heavy atom. The average Bonchev–Trinajstić information content (AvgIpc) is 3.51. The second-order valence-electron chi connectivity index (χ2n) is 20.8. The number of hydrogen-bond donors (Lipinski definition) is 3. The van der Waals surface area contributed by atoms with E-state index >= 15 is 0 Å². The lowest BCUT2D eigenvalue weighted by Gasteiger charge is -2.47. The number of likely N-dealkylation sites (tertiary alicyclic amines) is 2. The van der Waals surface area contributed by atoms with Crippen molar-refractivity contribution in [3.63, 3.8) is 0 Å². The first-order chi connectivity index (χ1) is 37.3. The number of carbonyl (C=O) groups excluding carboxylic acids is 2. The molecule has 3 N–H and O–H groups in total. The molecule has 420 valence electrons. The van der Waals surface area contributed by atoms with Crippen LogP contribution >= 0.6 is 23.4 Å². The first-order valence-corrected chi connectivity index (χ1v) is 31.0. The molecule has 1 amide bonds. The maximum atomic E-state index is 14.4. The number of piperidine rings is 3. The van der Waals surface area contributed by atoms with Gasteiger partial charge in [0.1, 0.15) is 4.90 Å². The van der Waals surface area contributed by atoms with Crippen molar-refractivity contribution in [3.8, 4) is 11.1 Å². The summed E-state index contributed by atoms with van der Waals surface area (Å²) in [6, 6.07) is 32.8. The second-order valence-corrected chi connectivity index (χ2v) is 25.9. The highest BCUT2D eigenvalue weighted by atomic mass is 35.5. The molecule has 0 radical (unpaired) electrons. The van der Waals surface area contributed by atoms with Gasteiger partial charge in [0.15, 0.2) is 0 Å².